The molecule has 130 heavy (non-hydrogen) atoms. The Morgan fingerprint density at radius 3 is 1.22 bits per heavy atom. The van der Waals surface area contributed by atoms with E-state index in [4.69, 9.17) is 34.9 Å². The minimum atomic E-state index is -0.0369. The monoisotopic (exact) mass is 1740 g/mol. The number of nitrogens with zero attached hydrogens (tertiary/aromatic N) is 17. The van der Waals surface area contributed by atoms with Gasteiger partial charge in [-0.25, -0.2) is 58.6 Å². The minimum Gasteiger partial charge on any atom is -0.385 e. The fourth-order valence-corrected chi connectivity index (χ4v) is 22.0. The molecule has 1 amide bonds. The van der Waals surface area contributed by atoms with Crippen LogP contribution in [0.5, 0.6) is 0 Å². The number of hydrogen-bond acceptors (Lipinski definition) is 16. The third-order valence-corrected chi connectivity index (χ3v) is 29.4. The molecule has 0 unspecified atom stereocenters. The first-order chi connectivity index (χ1) is 63.0. The topological polar surface area (TPSA) is 228 Å². The van der Waals surface area contributed by atoms with Crippen molar-refractivity contribution in [3.8, 4) is 0 Å². The van der Waals surface area contributed by atoms with Crippen molar-refractivity contribution in [2.24, 2.45) is 29.6 Å². The Morgan fingerprint density at radius 2 is 0.815 bits per heavy atom. The Labute approximate surface area is 768 Å². The van der Waals surface area contributed by atoms with E-state index < -0.39 is 0 Å². The highest BCUT2D eigenvalue weighted by Crippen LogP contribution is 2.52. The van der Waals surface area contributed by atoms with Gasteiger partial charge in [0, 0.05) is 95.4 Å². The van der Waals surface area contributed by atoms with E-state index in [0.717, 1.165) is 180 Å². The van der Waals surface area contributed by atoms with Crippen molar-refractivity contribution >= 4 is 50.0 Å². The van der Waals surface area contributed by atoms with Gasteiger partial charge in [-0.05, 0) is 239 Å². The normalized spacial score (nSPS) is 19.4. The highest BCUT2D eigenvalue weighted by Gasteiger charge is 2.43. The van der Waals surface area contributed by atoms with Crippen LogP contribution in [0.1, 0.15) is 282 Å². The molecule has 21 nitrogen and oxygen atoms in total. The molecule has 0 radical (unpaired) electrons. The SMILES string of the molecule is C.C.CCN(C)CCNC(=O)c1ccc(Cc2ncc3cnn(C4CCCCC4)c3n2)cc1.COCCCCCc1ccc(Cc2ncc3cnn([C@H]4C[C@@H]5CC[C@H]4C5)c3n2)cc1.c1ccc2c(c1)CC(CCc1ccc(Cc3ncc4cnn([C@H]5C[C@@H]6CC[C@H]5C6)c4n3)cc1)C2.c1ccc2c(c1)CC(NCc1ccc(Cc3ncc4cnn(C5CCCCC5)c4n3)cc1)C2. The molecule has 0 saturated heterocycles. The Bertz CT molecular complexity index is 5950. The number of carbonyl (C=O) groups excluding carboxylic acids is 1. The molecule has 0 spiro atoms. The number of benzene rings is 6. The van der Waals surface area contributed by atoms with Crippen LogP contribution in [0, 0.1) is 29.6 Å². The average Bonchev–Trinajstić information content (AvgIpc) is 1.62. The second kappa shape index (κ2) is 43.3. The number of fused-ring (bicyclic) bond motifs is 10. The van der Waals surface area contributed by atoms with E-state index in [-0.39, 0.29) is 20.8 Å². The molecule has 6 fully saturated rings. The number of amides is 1. The van der Waals surface area contributed by atoms with Crippen LogP contribution in [0.25, 0.3) is 44.1 Å². The number of nitrogens with one attached hydrogen (secondary N) is 2. The molecule has 22 rings (SSSR count). The molecule has 6 atom stereocenters. The summed E-state index contributed by atoms with van der Waals surface area (Å²) in [4.78, 5) is 52.6. The van der Waals surface area contributed by atoms with Crippen LogP contribution in [-0.2, 0) is 75.5 Å². The molecule has 8 aliphatic carbocycles. The van der Waals surface area contributed by atoms with Gasteiger partial charge in [0.2, 0.25) is 0 Å². The van der Waals surface area contributed by atoms with Gasteiger partial charge in [-0.15, -0.1) is 0 Å². The Balaban J connectivity index is 0.000000121. The molecule has 8 aromatic heterocycles. The van der Waals surface area contributed by atoms with Gasteiger partial charge in [-0.1, -0.05) is 213 Å². The van der Waals surface area contributed by atoms with Crippen molar-refractivity contribution in [3.05, 3.63) is 285 Å². The number of hydrogen-bond donors (Lipinski definition) is 2. The number of aryl methyl sites for hydroxylation is 2. The molecule has 678 valence electrons. The summed E-state index contributed by atoms with van der Waals surface area (Å²) in [6, 6.07) is 55.0. The average molecular weight is 1740 g/mol. The van der Waals surface area contributed by atoms with E-state index in [1.807, 2.05) is 80.9 Å². The van der Waals surface area contributed by atoms with Crippen molar-refractivity contribution in [3.63, 3.8) is 0 Å². The first kappa shape index (κ1) is 90.8. The van der Waals surface area contributed by atoms with Gasteiger partial charge in [-0.2, -0.15) is 20.4 Å². The van der Waals surface area contributed by atoms with Gasteiger partial charge in [0.1, 0.15) is 23.3 Å². The molecule has 14 aromatic rings. The molecule has 6 aromatic carbocycles. The van der Waals surface area contributed by atoms with E-state index in [9.17, 15) is 4.79 Å². The third kappa shape index (κ3) is 22.2. The Morgan fingerprint density at radius 1 is 0.423 bits per heavy atom. The van der Waals surface area contributed by atoms with Crippen LogP contribution in [0.4, 0.5) is 0 Å². The summed E-state index contributed by atoms with van der Waals surface area (Å²) in [6.07, 6.45) is 53.6. The van der Waals surface area contributed by atoms with Crippen LogP contribution in [-0.4, -0.2) is 136 Å². The quantitative estimate of drug-likeness (QED) is 0.0415. The highest BCUT2D eigenvalue weighted by molar-refractivity contribution is 5.94. The Hall–Kier alpha value is -11.1. The third-order valence-electron chi connectivity index (χ3n) is 29.4. The first-order valence-corrected chi connectivity index (χ1v) is 48.5. The number of carbonyl (C=O) groups is 1. The second-order valence-corrected chi connectivity index (χ2v) is 38.3. The molecule has 6 saturated carbocycles. The second-order valence-electron chi connectivity index (χ2n) is 38.3. The lowest BCUT2D eigenvalue weighted by atomic mass is 9.95. The van der Waals surface area contributed by atoms with Crippen molar-refractivity contribution < 1.29 is 9.53 Å². The van der Waals surface area contributed by atoms with Gasteiger partial charge in [0.15, 0.2) is 22.6 Å². The molecule has 21 heteroatoms. The maximum Gasteiger partial charge on any atom is 0.251 e. The lowest BCUT2D eigenvalue weighted by Gasteiger charge is -2.22. The standard InChI is InChI=1S/C30H32N4.C28H31N5.C25H32N4O.C24H32N6O.2CH4/c1-2-4-25-14-22(13-24(25)3-1)10-7-20-5-8-21(9-6-20)17-29-31-18-27-19-32-34(30(27)33-29)28-16-23-11-12-26(28)15-23;1-2-8-26(9-3-1)33-28-24(19-31-33)18-30-27(32-28)14-20-10-12-21(13-11-20)17-29-25-15-22-6-4-5-7-23(22)16-25;1-30-12-4-2-3-5-18-6-8-19(9-7-18)15-24-26-16-22-17-27-29(25(22)28-24)23-14-20-10-11-21(23)13-20;1-3-29(2)14-13-25-24(31)19-11-9-18(10-12-19)15-22-26-16-20-17-27-30(23(20)28-22)21-7-5-4-6-8-21;;/h1-6,8-9,18-19,22-23,26,28H,7,10-17H2;4-7,10-13,18-19,25-26,29H,1-3,8-9,14-17H2;6-9,16-17,20-21,23H,2-5,10-15H2,1H3;9-12,16-17,21H,3-8,13-15H2,1-2H3,(H,25,31);2*1H4/t23-,26+,28+;;20-,21+,23+;;;/m1.1.../s1. The fraction of sp³-hybridized carbons (Fsp3) is 0.477. The van der Waals surface area contributed by atoms with E-state index in [1.165, 1.54) is 192 Å². The largest absolute Gasteiger partial charge is 0.385 e. The summed E-state index contributed by atoms with van der Waals surface area (Å²) in [5, 5.41) is 29.6. The van der Waals surface area contributed by atoms with Crippen molar-refractivity contribution in [1.82, 2.24) is 94.5 Å². The lowest BCUT2D eigenvalue weighted by molar-refractivity contribution is 0.0950. The number of methoxy groups -OCH3 is 1. The lowest BCUT2D eigenvalue weighted by Crippen LogP contribution is -2.32. The summed E-state index contributed by atoms with van der Waals surface area (Å²) in [5.41, 5.74) is 19.8. The minimum absolute atomic E-state index is 0. The maximum atomic E-state index is 12.3. The van der Waals surface area contributed by atoms with Gasteiger partial charge >= 0.3 is 0 Å². The highest BCUT2D eigenvalue weighted by atomic mass is 16.5. The summed E-state index contributed by atoms with van der Waals surface area (Å²) >= 11 is 0. The summed E-state index contributed by atoms with van der Waals surface area (Å²) < 4.78 is 13.8. The molecule has 4 bridgehead atoms. The van der Waals surface area contributed by atoms with Crippen molar-refractivity contribution in [2.75, 3.05) is 40.4 Å². The van der Waals surface area contributed by atoms with Gasteiger partial charge < -0.3 is 20.3 Å². The maximum absolute atomic E-state index is 12.3. The van der Waals surface area contributed by atoms with E-state index in [0.29, 0.717) is 48.7 Å². The molecular weight excluding hydrogens is 1610 g/mol. The predicted octanol–water partition coefficient (Wildman–Crippen LogP) is 21.3. The van der Waals surface area contributed by atoms with Crippen LogP contribution < -0.4 is 10.6 Å². The van der Waals surface area contributed by atoms with Gasteiger partial charge in [-0.3, -0.25) is 4.79 Å². The zero-order chi connectivity index (χ0) is 86.5. The predicted molar refractivity (Wildman–Crippen MR) is 520 cm³/mol. The summed E-state index contributed by atoms with van der Waals surface area (Å²) in [5.74, 6) is 7.57. The number of rotatable bonds is 29. The summed E-state index contributed by atoms with van der Waals surface area (Å²) in [6.45, 7) is 6.34. The van der Waals surface area contributed by atoms with Gasteiger partial charge in [0.25, 0.3) is 5.91 Å². The molecule has 2 N–H and O–H groups in total. The van der Waals surface area contributed by atoms with Crippen molar-refractivity contribution in [1.29, 1.82) is 0 Å². The fourth-order valence-electron chi connectivity index (χ4n) is 22.0. The van der Waals surface area contributed by atoms with Gasteiger partial charge in [0.05, 0.1) is 70.5 Å². The van der Waals surface area contributed by atoms with Crippen LogP contribution in [0.2, 0.25) is 0 Å². The molecule has 0 aliphatic heterocycles. The zero-order valence-electron chi connectivity index (χ0n) is 75.3. The van der Waals surface area contributed by atoms with E-state index in [2.05, 4.69) is 193 Å². The molecule has 8 heterocycles. The molecular formula is C109H135N19O2. The van der Waals surface area contributed by atoms with Crippen LogP contribution in [0.15, 0.2) is 195 Å². The Kier molecular flexibility index (Phi) is 30.2. The van der Waals surface area contributed by atoms with E-state index in [1.54, 1.807) is 18.2 Å². The molecule has 8 aliphatic rings. The van der Waals surface area contributed by atoms with Crippen LogP contribution >= 0.6 is 0 Å². The van der Waals surface area contributed by atoms with Crippen LogP contribution in [0.3, 0.4) is 0 Å². The first-order valence-electron chi connectivity index (χ1n) is 48.5. The van der Waals surface area contributed by atoms with E-state index >= 15 is 0 Å². The zero-order valence-corrected chi connectivity index (χ0v) is 75.3. The number of likely N-dealkylation sites (N-methyl/N-ethyl adjacent to an activating group) is 1. The number of unbranched alkanes of at least 4 members (excludes halogenated alkanes) is 2. The number of aromatic nitrogens is 16. The smallest absolute Gasteiger partial charge is 0.251 e. The summed E-state index contributed by atoms with van der Waals surface area (Å²) in [7, 11) is 3.81. The van der Waals surface area contributed by atoms with Crippen molar-refractivity contribution in [2.45, 2.75) is 264 Å². The number of ether oxygens (including phenoxy) is 1.